The molecule has 1 heterocycles. The zero-order chi connectivity index (χ0) is 14.2. The van der Waals surface area contributed by atoms with E-state index in [1.807, 2.05) is 30.3 Å². The van der Waals surface area contributed by atoms with Gasteiger partial charge in [-0.2, -0.15) is 0 Å². The topological polar surface area (TPSA) is 77.2 Å². The molecule has 5 heteroatoms. The van der Waals surface area contributed by atoms with Crippen LogP contribution in [0.2, 0.25) is 0 Å². The highest BCUT2D eigenvalue weighted by Crippen LogP contribution is 2.08. The second-order valence-electron chi connectivity index (χ2n) is 4.24. The van der Waals surface area contributed by atoms with Crippen LogP contribution >= 0.6 is 0 Å². The number of para-hydroxylation sites is 1. The SMILES string of the molecule is Nc1cc(C(=O)NCCCOc2ccccc2)ccn1. The van der Waals surface area contributed by atoms with E-state index in [2.05, 4.69) is 10.3 Å². The van der Waals surface area contributed by atoms with Gasteiger partial charge >= 0.3 is 0 Å². The van der Waals surface area contributed by atoms with Crippen LogP contribution in [0.5, 0.6) is 5.75 Å². The Morgan fingerprint density at radius 3 is 2.80 bits per heavy atom. The van der Waals surface area contributed by atoms with E-state index in [1.165, 1.54) is 6.20 Å². The fourth-order valence-electron chi connectivity index (χ4n) is 1.67. The number of benzene rings is 1. The van der Waals surface area contributed by atoms with Crippen LogP contribution in [-0.4, -0.2) is 24.0 Å². The summed E-state index contributed by atoms with van der Waals surface area (Å²) in [5.41, 5.74) is 6.04. The molecule has 5 nitrogen and oxygen atoms in total. The predicted molar refractivity (Wildman–Crippen MR) is 77.5 cm³/mol. The summed E-state index contributed by atoms with van der Waals surface area (Å²) in [5.74, 6) is 1.02. The number of ether oxygens (including phenoxy) is 1. The molecule has 0 saturated carbocycles. The second-order valence-corrected chi connectivity index (χ2v) is 4.24. The van der Waals surface area contributed by atoms with Gasteiger partial charge in [0.15, 0.2) is 0 Å². The maximum atomic E-state index is 11.8. The molecule has 0 atom stereocenters. The number of pyridine rings is 1. The number of amides is 1. The summed E-state index contributed by atoms with van der Waals surface area (Å²) in [7, 11) is 0. The maximum absolute atomic E-state index is 11.8. The Kier molecular flexibility index (Phi) is 4.94. The lowest BCUT2D eigenvalue weighted by atomic mass is 10.2. The van der Waals surface area contributed by atoms with E-state index in [4.69, 9.17) is 10.5 Å². The lowest BCUT2D eigenvalue weighted by Gasteiger charge is -2.07. The molecule has 0 aliphatic rings. The molecule has 2 rings (SSSR count). The van der Waals surface area contributed by atoms with Crippen LogP contribution in [0, 0.1) is 0 Å². The zero-order valence-electron chi connectivity index (χ0n) is 11.1. The normalized spacial score (nSPS) is 10.0. The van der Waals surface area contributed by atoms with E-state index in [0.29, 0.717) is 24.5 Å². The van der Waals surface area contributed by atoms with E-state index in [9.17, 15) is 4.79 Å². The number of aromatic nitrogens is 1. The van der Waals surface area contributed by atoms with E-state index < -0.39 is 0 Å². The first-order valence-corrected chi connectivity index (χ1v) is 6.43. The molecule has 0 saturated heterocycles. The Morgan fingerprint density at radius 1 is 1.25 bits per heavy atom. The summed E-state index contributed by atoms with van der Waals surface area (Å²) >= 11 is 0. The van der Waals surface area contributed by atoms with E-state index in [-0.39, 0.29) is 5.91 Å². The van der Waals surface area contributed by atoms with Crippen molar-refractivity contribution in [2.24, 2.45) is 0 Å². The van der Waals surface area contributed by atoms with Gasteiger partial charge in [-0.25, -0.2) is 4.98 Å². The van der Waals surface area contributed by atoms with Crippen molar-refractivity contribution in [3.8, 4) is 5.75 Å². The molecule has 0 fully saturated rings. The van der Waals surface area contributed by atoms with Crippen molar-refractivity contribution in [3.05, 3.63) is 54.2 Å². The number of carbonyl (C=O) groups excluding carboxylic acids is 1. The summed E-state index contributed by atoms with van der Waals surface area (Å²) in [4.78, 5) is 15.6. The third-order valence-electron chi connectivity index (χ3n) is 2.66. The number of rotatable bonds is 6. The van der Waals surface area contributed by atoms with E-state index in [0.717, 1.165) is 12.2 Å². The van der Waals surface area contributed by atoms with Gasteiger partial charge in [0.25, 0.3) is 5.91 Å². The van der Waals surface area contributed by atoms with Gasteiger partial charge < -0.3 is 15.8 Å². The van der Waals surface area contributed by atoms with Gasteiger partial charge in [-0.15, -0.1) is 0 Å². The molecular weight excluding hydrogens is 254 g/mol. The molecule has 0 bridgehead atoms. The standard InChI is InChI=1S/C15H17N3O2/c16-14-11-12(7-9-17-14)15(19)18-8-4-10-20-13-5-2-1-3-6-13/h1-3,5-7,9,11H,4,8,10H2,(H2,16,17)(H,18,19). The minimum Gasteiger partial charge on any atom is -0.494 e. The molecule has 1 aromatic carbocycles. The van der Waals surface area contributed by atoms with Crippen molar-refractivity contribution in [2.75, 3.05) is 18.9 Å². The van der Waals surface area contributed by atoms with Gasteiger partial charge in [-0.1, -0.05) is 18.2 Å². The van der Waals surface area contributed by atoms with Gasteiger partial charge in [-0.05, 0) is 30.7 Å². The quantitative estimate of drug-likeness (QED) is 0.786. The zero-order valence-corrected chi connectivity index (χ0v) is 11.1. The number of nitrogens with one attached hydrogen (secondary N) is 1. The van der Waals surface area contributed by atoms with E-state index in [1.54, 1.807) is 12.1 Å². The summed E-state index contributed by atoms with van der Waals surface area (Å²) in [6.45, 7) is 1.11. The van der Waals surface area contributed by atoms with Crippen LogP contribution in [0.4, 0.5) is 5.82 Å². The Hall–Kier alpha value is -2.56. The molecule has 0 aliphatic carbocycles. The molecule has 3 N–H and O–H groups in total. The van der Waals surface area contributed by atoms with Gasteiger partial charge in [0.05, 0.1) is 6.61 Å². The van der Waals surface area contributed by atoms with Gasteiger partial charge in [0.2, 0.25) is 0 Å². The number of nitrogens with two attached hydrogens (primary N) is 1. The van der Waals surface area contributed by atoms with Crippen molar-refractivity contribution in [3.63, 3.8) is 0 Å². The molecular formula is C15H17N3O2. The lowest BCUT2D eigenvalue weighted by molar-refractivity contribution is 0.0951. The van der Waals surface area contributed by atoms with Crippen LogP contribution in [0.1, 0.15) is 16.8 Å². The van der Waals surface area contributed by atoms with Crippen LogP contribution in [-0.2, 0) is 0 Å². The molecule has 104 valence electrons. The van der Waals surface area contributed by atoms with Crippen molar-refractivity contribution in [1.82, 2.24) is 10.3 Å². The minimum absolute atomic E-state index is 0.154. The number of nitrogen functional groups attached to an aromatic ring is 1. The smallest absolute Gasteiger partial charge is 0.251 e. The first kappa shape index (κ1) is 13.9. The third kappa shape index (κ3) is 4.28. The molecule has 1 amide bonds. The first-order chi connectivity index (χ1) is 9.75. The highest BCUT2D eigenvalue weighted by molar-refractivity contribution is 5.94. The fourth-order valence-corrected chi connectivity index (χ4v) is 1.67. The van der Waals surface area contributed by atoms with Crippen molar-refractivity contribution >= 4 is 11.7 Å². The highest BCUT2D eigenvalue weighted by atomic mass is 16.5. The largest absolute Gasteiger partial charge is 0.494 e. The van der Waals surface area contributed by atoms with Crippen LogP contribution in [0.25, 0.3) is 0 Å². The van der Waals surface area contributed by atoms with Gasteiger partial charge in [-0.3, -0.25) is 4.79 Å². The fraction of sp³-hybridized carbons (Fsp3) is 0.200. The molecule has 2 aromatic rings. The summed E-state index contributed by atoms with van der Waals surface area (Å²) in [6.07, 6.45) is 2.25. The van der Waals surface area contributed by atoms with Crippen molar-refractivity contribution in [1.29, 1.82) is 0 Å². The Morgan fingerprint density at radius 2 is 2.05 bits per heavy atom. The summed E-state index contributed by atoms with van der Waals surface area (Å²) in [6, 6.07) is 12.8. The Balaban J connectivity index is 1.67. The van der Waals surface area contributed by atoms with Crippen LogP contribution in [0.15, 0.2) is 48.7 Å². The molecule has 20 heavy (non-hydrogen) atoms. The lowest BCUT2D eigenvalue weighted by Crippen LogP contribution is -2.25. The van der Waals surface area contributed by atoms with Crippen LogP contribution < -0.4 is 15.8 Å². The number of hydrogen-bond acceptors (Lipinski definition) is 4. The molecule has 0 radical (unpaired) electrons. The van der Waals surface area contributed by atoms with Crippen LogP contribution in [0.3, 0.4) is 0 Å². The minimum atomic E-state index is -0.154. The molecule has 0 aliphatic heterocycles. The monoisotopic (exact) mass is 271 g/mol. The second kappa shape index (κ2) is 7.13. The first-order valence-electron chi connectivity index (χ1n) is 6.43. The number of carbonyl (C=O) groups is 1. The average molecular weight is 271 g/mol. The summed E-state index contributed by atoms with van der Waals surface area (Å²) < 4.78 is 5.53. The highest BCUT2D eigenvalue weighted by Gasteiger charge is 2.04. The average Bonchev–Trinajstić information content (AvgIpc) is 2.48. The summed E-state index contributed by atoms with van der Waals surface area (Å²) in [5, 5.41) is 2.81. The van der Waals surface area contributed by atoms with Crippen molar-refractivity contribution in [2.45, 2.75) is 6.42 Å². The van der Waals surface area contributed by atoms with Crippen molar-refractivity contribution < 1.29 is 9.53 Å². The molecule has 0 unspecified atom stereocenters. The number of anilines is 1. The molecule has 1 aromatic heterocycles. The maximum Gasteiger partial charge on any atom is 0.251 e. The third-order valence-corrected chi connectivity index (χ3v) is 2.66. The Bertz CT molecular complexity index is 558. The number of hydrogen-bond donors (Lipinski definition) is 2. The van der Waals surface area contributed by atoms with Gasteiger partial charge in [0, 0.05) is 18.3 Å². The molecule has 0 spiro atoms. The van der Waals surface area contributed by atoms with E-state index >= 15 is 0 Å². The van der Waals surface area contributed by atoms with Gasteiger partial charge in [0.1, 0.15) is 11.6 Å². The number of nitrogens with zero attached hydrogens (tertiary/aromatic N) is 1. The predicted octanol–water partition coefficient (Wildman–Crippen LogP) is 1.86. The Labute approximate surface area is 117 Å².